The number of nitrogens with one attached hydrogen (secondary N) is 1. The van der Waals surface area contributed by atoms with Gasteiger partial charge in [0.2, 0.25) is 0 Å². The van der Waals surface area contributed by atoms with Crippen LogP contribution >= 0.6 is 0 Å². The van der Waals surface area contributed by atoms with Gasteiger partial charge in [-0.15, -0.1) is 0 Å². The lowest BCUT2D eigenvalue weighted by Crippen LogP contribution is -2.59. The van der Waals surface area contributed by atoms with Crippen LogP contribution in [0, 0.1) is 5.92 Å². The van der Waals surface area contributed by atoms with E-state index in [1.165, 1.54) is 25.7 Å². The second kappa shape index (κ2) is 7.93. The van der Waals surface area contributed by atoms with Crippen molar-refractivity contribution in [2.75, 3.05) is 32.6 Å². The van der Waals surface area contributed by atoms with E-state index in [-0.39, 0.29) is 11.3 Å². The van der Waals surface area contributed by atoms with Gasteiger partial charge in [0.1, 0.15) is 9.84 Å². The van der Waals surface area contributed by atoms with Crippen molar-refractivity contribution in [2.45, 2.75) is 64.0 Å². The number of likely N-dealkylation sites (N-methyl/N-ethyl adjacent to an activating group) is 2. The van der Waals surface area contributed by atoms with Gasteiger partial charge in [0.25, 0.3) is 0 Å². The zero-order valence-electron chi connectivity index (χ0n) is 14.5. The van der Waals surface area contributed by atoms with Gasteiger partial charge in [-0.25, -0.2) is 8.42 Å². The summed E-state index contributed by atoms with van der Waals surface area (Å²) < 4.78 is 23.3. The van der Waals surface area contributed by atoms with Gasteiger partial charge in [-0.05, 0) is 65.6 Å². The Morgan fingerprint density at radius 2 is 1.86 bits per heavy atom. The fourth-order valence-corrected chi connectivity index (χ4v) is 4.60. The standard InChI is InChI=1S/C16H34N2O2S/c1-6-21(19,20)13-7-8-15(17-3)16(18(4)5)11-9-14(2)10-12-16/h14-15,17H,6-13H2,1-5H3. The molecule has 0 heterocycles. The van der Waals surface area contributed by atoms with Crippen molar-refractivity contribution in [1.82, 2.24) is 10.2 Å². The summed E-state index contributed by atoms with van der Waals surface area (Å²) >= 11 is 0. The molecule has 0 bridgehead atoms. The molecule has 0 amide bonds. The third-order valence-corrected chi connectivity index (χ3v) is 7.21. The van der Waals surface area contributed by atoms with Gasteiger partial charge in [-0.2, -0.15) is 0 Å². The lowest BCUT2D eigenvalue weighted by atomic mass is 9.71. The minimum atomic E-state index is -2.84. The van der Waals surface area contributed by atoms with Crippen LogP contribution in [0.5, 0.6) is 0 Å². The van der Waals surface area contributed by atoms with E-state index in [0.29, 0.717) is 11.8 Å². The first kappa shape index (κ1) is 18.9. The number of hydrogen-bond acceptors (Lipinski definition) is 4. The number of sulfone groups is 1. The van der Waals surface area contributed by atoms with E-state index in [2.05, 4.69) is 31.2 Å². The minimum absolute atomic E-state index is 0.178. The fraction of sp³-hybridized carbons (Fsp3) is 1.00. The van der Waals surface area contributed by atoms with Crippen molar-refractivity contribution in [3.8, 4) is 0 Å². The molecule has 0 aliphatic heterocycles. The van der Waals surface area contributed by atoms with Crippen molar-refractivity contribution < 1.29 is 8.42 Å². The second-order valence-electron chi connectivity index (χ2n) is 6.90. The molecule has 0 spiro atoms. The Morgan fingerprint density at radius 1 is 1.29 bits per heavy atom. The van der Waals surface area contributed by atoms with Crippen LogP contribution in [0.1, 0.15) is 52.4 Å². The Hall–Kier alpha value is -0.130. The second-order valence-corrected chi connectivity index (χ2v) is 9.37. The molecule has 1 fully saturated rings. The van der Waals surface area contributed by atoms with Crippen LogP contribution in [-0.4, -0.2) is 57.5 Å². The van der Waals surface area contributed by atoms with E-state index < -0.39 is 9.84 Å². The largest absolute Gasteiger partial charge is 0.315 e. The topological polar surface area (TPSA) is 49.4 Å². The molecule has 0 aromatic heterocycles. The highest BCUT2D eigenvalue weighted by molar-refractivity contribution is 7.91. The molecule has 1 unspecified atom stereocenters. The molecule has 4 nitrogen and oxygen atoms in total. The Labute approximate surface area is 131 Å². The van der Waals surface area contributed by atoms with Crippen LogP contribution in [0.25, 0.3) is 0 Å². The molecule has 1 N–H and O–H groups in total. The summed E-state index contributed by atoms with van der Waals surface area (Å²) in [6.45, 7) is 4.07. The summed E-state index contributed by atoms with van der Waals surface area (Å²) in [4.78, 5) is 2.37. The normalized spacial score (nSPS) is 28.8. The van der Waals surface area contributed by atoms with E-state index in [4.69, 9.17) is 0 Å². The lowest BCUT2D eigenvalue weighted by molar-refractivity contribution is 0.0429. The van der Waals surface area contributed by atoms with E-state index in [1.54, 1.807) is 6.92 Å². The van der Waals surface area contributed by atoms with E-state index in [9.17, 15) is 8.42 Å². The molecule has 5 heteroatoms. The van der Waals surface area contributed by atoms with Gasteiger partial charge in [-0.1, -0.05) is 13.8 Å². The Kier molecular flexibility index (Phi) is 7.14. The molecule has 1 aliphatic rings. The van der Waals surface area contributed by atoms with Gasteiger partial charge in [0.05, 0.1) is 5.75 Å². The minimum Gasteiger partial charge on any atom is -0.315 e. The predicted molar refractivity (Wildman–Crippen MR) is 90.5 cm³/mol. The van der Waals surface area contributed by atoms with Gasteiger partial charge in [0.15, 0.2) is 0 Å². The van der Waals surface area contributed by atoms with Crippen LogP contribution in [-0.2, 0) is 9.84 Å². The Morgan fingerprint density at radius 3 is 2.29 bits per heavy atom. The van der Waals surface area contributed by atoms with Gasteiger partial charge >= 0.3 is 0 Å². The van der Waals surface area contributed by atoms with Crippen LogP contribution in [0.3, 0.4) is 0 Å². The van der Waals surface area contributed by atoms with Crippen molar-refractivity contribution in [3.63, 3.8) is 0 Å². The Balaban J connectivity index is 2.70. The van der Waals surface area contributed by atoms with Crippen molar-refractivity contribution in [3.05, 3.63) is 0 Å². The summed E-state index contributed by atoms with van der Waals surface area (Å²) in [5.41, 5.74) is 0.178. The maximum absolute atomic E-state index is 11.7. The number of rotatable bonds is 8. The average molecular weight is 319 g/mol. The first-order chi connectivity index (χ1) is 9.77. The van der Waals surface area contributed by atoms with Crippen molar-refractivity contribution >= 4 is 9.84 Å². The summed E-state index contributed by atoms with van der Waals surface area (Å²) in [7, 11) is 3.51. The quantitative estimate of drug-likeness (QED) is 0.746. The SMILES string of the molecule is CCS(=O)(=O)CCCC(NC)C1(N(C)C)CCC(C)CC1. The average Bonchev–Trinajstić information content (AvgIpc) is 2.45. The van der Waals surface area contributed by atoms with Crippen LogP contribution in [0.2, 0.25) is 0 Å². The fourth-order valence-electron chi connectivity index (χ4n) is 3.70. The monoisotopic (exact) mass is 318 g/mol. The van der Waals surface area contributed by atoms with E-state index in [0.717, 1.165) is 18.8 Å². The van der Waals surface area contributed by atoms with Gasteiger partial charge in [-0.3, -0.25) is 0 Å². The van der Waals surface area contributed by atoms with E-state index in [1.807, 2.05) is 7.05 Å². The highest BCUT2D eigenvalue weighted by atomic mass is 32.2. The summed E-state index contributed by atoms with van der Waals surface area (Å²) in [6.07, 6.45) is 6.63. The maximum Gasteiger partial charge on any atom is 0.150 e. The Bertz CT molecular complexity index is 399. The zero-order valence-corrected chi connectivity index (χ0v) is 15.3. The van der Waals surface area contributed by atoms with Crippen LogP contribution < -0.4 is 5.32 Å². The smallest absolute Gasteiger partial charge is 0.150 e. The molecule has 1 aliphatic carbocycles. The molecule has 126 valence electrons. The molecule has 0 aromatic carbocycles. The van der Waals surface area contributed by atoms with Crippen molar-refractivity contribution in [2.24, 2.45) is 5.92 Å². The van der Waals surface area contributed by atoms with Crippen LogP contribution in [0.15, 0.2) is 0 Å². The molecule has 0 radical (unpaired) electrons. The first-order valence-corrected chi connectivity index (χ1v) is 10.1. The van der Waals surface area contributed by atoms with Crippen LogP contribution in [0.4, 0.5) is 0 Å². The van der Waals surface area contributed by atoms with Crippen molar-refractivity contribution in [1.29, 1.82) is 0 Å². The number of hydrogen-bond donors (Lipinski definition) is 1. The molecule has 21 heavy (non-hydrogen) atoms. The molecular weight excluding hydrogens is 284 g/mol. The predicted octanol–water partition coefficient (Wildman–Crippen LogP) is 2.30. The molecule has 1 rings (SSSR count). The number of nitrogens with zero attached hydrogens (tertiary/aromatic N) is 1. The lowest BCUT2D eigenvalue weighted by Gasteiger charge is -2.50. The third kappa shape index (κ3) is 4.93. The van der Waals surface area contributed by atoms with Gasteiger partial charge < -0.3 is 10.2 Å². The van der Waals surface area contributed by atoms with E-state index >= 15 is 0 Å². The molecular formula is C16H34N2O2S. The summed E-state index contributed by atoms with van der Waals surface area (Å²) in [5.74, 6) is 1.39. The molecule has 1 atom stereocenters. The first-order valence-electron chi connectivity index (χ1n) is 8.32. The summed E-state index contributed by atoms with van der Waals surface area (Å²) in [5, 5.41) is 3.48. The van der Waals surface area contributed by atoms with Gasteiger partial charge in [0, 0.05) is 17.3 Å². The molecule has 0 saturated heterocycles. The molecule has 0 aromatic rings. The highest BCUT2D eigenvalue weighted by Gasteiger charge is 2.42. The third-order valence-electron chi connectivity index (χ3n) is 5.42. The molecule has 1 saturated carbocycles. The highest BCUT2D eigenvalue weighted by Crippen LogP contribution is 2.38. The summed E-state index contributed by atoms with van der Waals surface area (Å²) in [6, 6.07) is 0.368. The zero-order chi connectivity index (χ0) is 16.1. The maximum atomic E-state index is 11.7.